The van der Waals surface area contributed by atoms with Crippen molar-refractivity contribution in [1.29, 1.82) is 0 Å². The average molecular weight is 396 g/mol. The fraction of sp³-hybridized carbons (Fsp3) is 0.286. The minimum Gasteiger partial charge on any atom is -0.503 e. The van der Waals surface area contributed by atoms with Gasteiger partial charge in [-0.3, -0.25) is 14.5 Å². The first-order valence-electron chi connectivity index (χ1n) is 6.90. The van der Waals surface area contributed by atoms with Gasteiger partial charge in [-0.15, -0.1) is 10.2 Å². The third-order valence-corrected chi connectivity index (χ3v) is 4.95. The normalized spacial score (nSPS) is 21.3. The van der Waals surface area contributed by atoms with Gasteiger partial charge in [-0.1, -0.05) is 11.3 Å². The Morgan fingerprint density at radius 1 is 1.43 bits per heavy atom. The number of amides is 1. The van der Waals surface area contributed by atoms with E-state index >= 15 is 0 Å². The highest BCUT2D eigenvalue weighted by Gasteiger charge is 2.49. The number of furan rings is 1. The van der Waals surface area contributed by atoms with Crippen LogP contribution in [0.1, 0.15) is 24.6 Å². The topological polar surface area (TPSA) is 96.5 Å². The monoisotopic (exact) mass is 395 g/mol. The number of aromatic nitrogens is 2. The maximum absolute atomic E-state index is 12.6. The third kappa shape index (κ3) is 2.31. The molecule has 1 saturated carbocycles. The van der Waals surface area contributed by atoms with Gasteiger partial charge in [0.15, 0.2) is 16.2 Å². The molecule has 2 aliphatic rings. The van der Waals surface area contributed by atoms with Crippen LogP contribution in [0.25, 0.3) is 0 Å². The van der Waals surface area contributed by atoms with Gasteiger partial charge in [-0.05, 0) is 40.9 Å². The molecular weight excluding hydrogens is 386 g/mol. The Hall–Kier alpha value is -2.00. The second kappa shape index (κ2) is 5.27. The summed E-state index contributed by atoms with van der Waals surface area (Å²) in [5.74, 6) is -1.15. The third-order valence-electron chi connectivity index (χ3n) is 3.84. The van der Waals surface area contributed by atoms with E-state index in [0.717, 1.165) is 24.2 Å². The minimum atomic E-state index is -0.824. The van der Waals surface area contributed by atoms with Crippen molar-refractivity contribution in [1.82, 2.24) is 10.2 Å². The Bertz CT molecular complexity index is 825. The van der Waals surface area contributed by atoms with Gasteiger partial charge >= 0.3 is 0 Å². The van der Waals surface area contributed by atoms with E-state index in [1.165, 1.54) is 10.4 Å². The van der Waals surface area contributed by atoms with Crippen LogP contribution in [0.3, 0.4) is 0 Å². The lowest BCUT2D eigenvalue weighted by molar-refractivity contribution is -0.118. The number of aliphatic hydroxyl groups is 1. The lowest BCUT2D eigenvalue weighted by atomic mass is 9.98. The molecule has 0 spiro atoms. The number of rotatable bonds is 4. The molecule has 0 aromatic carbocycles. The van der Waals surface area contributed by atoms with Crippen molar-refractivity contribution >= 4 is 44.1 Å². The number of carbonyl (C=O) groups is 2. The van der Waals surface area contributed by atoms with Crippen LogP contribution >= 0.6 is 27.3 Å². The second-order valence-corrected chi connectivity index (χ2v) is 6.93. The Kier molecular flexibility index (Phi) is 3.34. The van der Waals surface area contributed by atoms with E-state index in [1.54, 1.807) is 12.1 Å². The molecule has 0 radical (unpaired) electrons. The minimum absolute atomic E-state index is 0.0783. The highest BCUT2D eigenvalue weighted by Crippen LogP contribution is 2.45. The van der Waals surface area contributed by atoms with Crippen LogP contribution in [0, 0.1) is 5.92 Å². The van der Waals surface area contributed by atoms with E-state index in [2.05, 4.69) is 26.1 Å². The number of Topliss-reactive ketones (excluding diaryl/α,β-unsaturated/α-hetero) is 1. The molecule has 2 aromatic rings. The summed E-state index contributed by atoms with van der Waals surface area (Å²) in [6.07, 6.45) is 1.55. The Morgan fingerprint density at radius 3 is 2.78 bits per heavy atom. The van der Waals surface area contributed by atoms with E-state index in [9.17, 15) is 14.7 Å². The number of carbonyl (C=O) groups excluding carboxylic acids is 2. The maximum Gasteiger partial charge on any atom is 0.296 e. The molecule has 7 nitrogen and oxygen atoms in total. The van der Waals surface area contributed by atoms with Crippen LogP contribution in [0.15, 0.2) is 38.1 Å². The van der Waals surface area contributed by atoms with Crippen molar-refractivity contribution in [3.63, 3.8) is 0 Å². The molecule has 4 rings (SSSR count). The molecule has 23 heavy (non-hydrogen) atoms. The summed E-state index contributed by atoms with van der Waals surface area (Å²) < 4.78 is 6.03. The van der Waals surface area contributed by atoms with Gasteiger partial charge in [-0.2, -0.15) is 0 Å². The molecule has 1 N–H and O–H groups in total. The van der Waals surface area contributed by atoms with Gasteiger partial charge < -0.3 is 9.52 Å². The average Bonchev–Trinajstić information content (AvgIpc) is 2.96. The Morgan fingerprint density at radius 2 is 2.22 bits per heavy atom. The SMILES string of the molecule is O=C(C1=C(O)C(=O)N(c2nncs2)C1c1ccc(Br)o1)C1CC1. The molecule has 1 amide bonds. The molecule has 1 fully saturated rings. The molecule has 1 aliphatic carbocycles. The van der Waals surface area contributed by atoms with Crippen molar-refractivity contribution in [3.8, 4) is 0 Å². The van der Waals surface area contributed by atoms with Crippen LogP contribution in [0.2, 0.25) is 0 Å². The molecule has 0 bridgehead atoms. The first-order valence-corrected chi connectivity index (χ1v) is 8.57. The van der Waals surface area contributed by atoms with Crippen molar-refractivity contribution in [2.24, 2.45) is 5.92 Å². The predicted molar refractivity (Wildman–Crippen MR) is 83.9 cm³/mol. The number of hydrogen-bond acceptors (Lipinski definition) is 7. The first-order chi connectivity index (χ1) is 11.1. The summed E-state index contributed by atoms with van der Waals surface area (Å²) >= 11 is 4.37. The number of nitrogens with zero attached hydrogens (tertiary/aromatic N) is 3. The molecule has 2 aromatic heterocycles. The zero-order valence-electron chi connectivity index (χ0n) is 11.6. The van der Waals surface area contributed by atoms with Gasteiger partial charge in [0.05, 0.1) is 5.57 Å². The lowest BCUT2D eigenvalue weighted by Gasteiger charge is -2.21. The number of ketones is 1. The zero-order chi connectivity index (χ0) is 16.1. The summed E-state index contributed by atoms with van der Waals surface area (Å²) in [5, 5.41) is 18.2. The van der Waals surface area contributed by atoms with Crippen LogP contribution in [-0.4, -0.2) is 27.0 Å². The molecule has 118 valence electrons. The second-order valence-electron chi connectivity index (χ2n) is 5.34. The highest BCUT2D eigenvalue weighted by atomic mass is 79.9. The van der Waals surface area contributed by atoms with E-state index < -0.39 is 17.7 Å². The Balaban J connectivity index is 1.85. The number of hydrogen-bond donors (Lipinski definition) is 1. The van der Waals surface area contributed by atoms with Gasteiger partial charge in [0.2, 0.25) is 5.13 Å². The highest BCUT2D eigenvalue weighted by molar-refractivity contribution is 9.10. The zero-order valence-corrected chi connectivity index (χ0v) is 14.0. The largest absolute Gasteiger partial charge is 0.503 e. The number of aliphatic hydroxyl groups excluding tert-OH is 1. The van der Waals surface area contributed by atoms with Crippen molar-refractivity contribution in [3.05, 3.63) is 39.4 Å². The summed E-state index contributed by atoms with van der Waals surface area (Å²) in [7, 11) is 0. The molecule has 1 atom stereocenters. The summed E-state index contributed by atoms with van der Waals surface area (Å²) in [5.41, 5.74) is 1.56. The van der Waals surface area contributed by atoms with Gasteiger partial charge in [0.1, 0.15) is 17.3 Å². The number of halogens is 1. The summed E-state index contributed by atoms with van der Waals surface area (Å²) in [6, 6.07) is 2.51. The van der Waals surface area contributed by atoms with Crippen LogP contribution in [0.5, 0.6) is 0 Å². The molecular formula is C14H10BrN3O4S. The molecule has 1 unspecified atom stereocenters. The van der Waals surface area contributed by atoms with Crippen LogP contribution < -0.4 is 4.90 Å². The van der Waals surface area contributed by atoms with E-state index in [1.807, 2.05) is 0 Å². The predicted octanol–water partition coefficient (Wildman–Crippen LogP) is 2.77. The van der Waals surface area contributed by atoms with Gasteiger partial charge in [0.25, 0.3) is 5.91 Å². The summed E-state index contributed by atoms with van der Waals surface area (Å²) in [6.45, 7) is 0. The van der Waals surface area contributed by atoms with Crippen LogP contribution in [0.4, 0.5) is 5.13 Å². The van der Waals surface area contributed by atoms with Crippen molar-refractivity contribution < 1.29 is 19.1 Å². The van der Waals surface area contributed by atoms with Gasteiger partial charge in [-0.25, -0.2) is 0 Å². The molecule has 1 aliphatic heterocycles. The number of anilines is 1. The lowest BCUT2D eigenvalue weighted by Crippen LogP contribution is -2.30. The molecule has 3 heterocycles. The van der Waals surface area contributed by atoms with Gasteiger partial charge in [0, 0.05) is 5.92 Å². The van der Waals surface area contributed by atoms with E-state index in [0.29, 0.717) is 15.6 Å². The fourth-order valence-electron chi connectivity index (χ4n) is 2.64. The quantitative estimate of drug-likeness (QED) is 0.854. The van der Waals surface area contributed by atoms with Crippen molar-refractivity contribution in [2.75, 3.05) is 4.90 Å². The molecule has 0 saturated heterocycles. The molecule has 9 heteroatoms. The van der Waals surface area contributed by atoms with E-state index in [4.69, 9.17) is 4.42 Å². The summed E-state index contributed by atoms with van der Waals surface area (Å²) in [4.78, 5) is 26.3. The standard InChI is InChI=1S/C14H10BrN3O4S/c15-8-4-3-7(22-8)10-9(11(19)6-1-2-6)12(20)13(21)18(10)14-17-16-5-23-14/h3-6,10,20H,1-2H2. The smallest absolute Gasteiger partial charge is 0.296 e. The van der Waals surface area contributed by atoms with E-state index in [-0.39, 0.29) is 17.3 Å². The maximum atomic E-state index is 12.6. The van der Waals surface area contributed by atoms with Crippen molar-refractivity contribution in [2.45, 2.75) is 18.9 Å². The first kappa shape index (κ1) is 14.6. The Labute approximate surface area is 142 Å². The van der Waals surface area contributed by atoms with Crippen LogP contribution in [-0.2, 0) is 9.59 Å². The fourth-order valence-corrected chi connectivity index (χ4v) is 3.54.